The fraction of sp³-hybridized carbons (Fsp3) is 0.444. The minimum atomic E-state index is -4.19. The molecule has 84 valence electrons. The van der Waals surface area contributed by atoms with Crippen LogP contribution in [0.2, 0.25) is 0 Å². The Morgan fingerprint density at radius 2 is 2.07 bits per heavy atom. The molecule has 0 aliphatic heterocycles. The highest BCUT2D eigenvalue weighted by molar-refractivity contribution is 5.40. The van der Waals surface area contributed by atoms with Gasteiger partial charge >= 0.3 is 6.18 Å². The molecule has 0 amide bonds. The number of hydrogen-bond donors (Lipinski definition) is 2. The Hall–Kier alpha value is -1.30. The molecular formula is C9H12F3N3. The van der Waals surface area contributed by atoms with Crippen molar-refractivity contribution in [2.24, 2.45) is 5.73 Å². The highest BCUT2D eigenvalue weighted by Gasteiger charge is 2.28. The van der Waals surface area contributed by atoms with Crippen molar-refractivity contribution in [3.63, 3.8) is 0 Å². The second-order valence-electron chi connectivity index (χ2n) is 3.24. The van der Waals surface area contributed by atoms with E-state index in [-0.39, 0.29) is 12.2 Å². The summed E-state index contributed by atoms with van der Waals surface area (Å²) >= 11 is 0. The van der Waals surface area contributed by atoms with Crippen molar-refractivity contribution in [2.75, 3.05) is 5.73 Å². The maximum absolute atomic E-state index is 11.9. The van der Waals surface area contributed by atoms with Gasteiger partial charge in [0, 0.05) is 24.2 Å². The first-order chi connectivity index (χ1) is 6.90. The van der Waals surface area contributed by atoms with Crippen LogP contribution in [0.5, 0.6) is 0 Å². The van der Waals surface area contributed by atoms with E-state index >= 15 is 0 Å². The van der Waals surface area contributed by atoms with Gasteiger partial charge in [0.1, 0.15) is 5.82 Å². The summed E-state index contributed by atoms with van der Waals surface area (Å²) in [5, 5.41) is 0. The van der Waals surface area contributed by atoms with Gasteiger partial charge in [0.2, 0.25) is 0 Å². The SMILES string of the molecule is Nc1ncccc1[C@H](N)CCC(F)(F)F. The largest absolute Gasteiger partial charge is 0.389 e. The fourth-order valence-corrected chi connectivity index (χ4v) is 1.22. The quantitative estimate of drug-likeness (QED) is 0.817. The summed E-state index contributed by atoms with van der Waals surface area (Å²) in [4.78, 5) is 3.76. The number of aromatic nitrogens is 1. The molecule has 1 atom stereocenters. The van der Waals surface area contributed by atoms with Crippen LogP contribution in [-0.4, -0.2) is 11.2 Å². The third-order valence-electron chi connectivity index (χ3n) is 2.01. The third kappa shape index (κ3) is 3.75. The zero-order valence-electron chi connectivity index (χ0n) is 7.96. The average molecular weight is 219 g/mol. The summed E-state index contributed by atoms with van der Waals surface area (Å²) in [5.74, 6) is 0.187. The van der Waals surface area contributed by atoms with E-state index in [9.17, 15) is 13.2 Å². The van der Waals surface area contributed by atoms with Crippen molar-refractivity contribution in [1.82, 2.24) is 4.98 Å². The molecular weight excluding hydrogens is 207 g/mol. The molecule has 3 nitrogen and oxygen atoms in total. The average Bonchev–Trinajstić information content (AvgIpc) is 2.14. The molecule has 1 aromatic heterocycles. The standard InChI is InChI=1S/C9H12F3N3/c10-9(11,12)4-3-7(13)6-2-1-5-15-8(6)14/h1-2,5,7H,3-4,13H2,(H2,14,15)/t7-/m1/s1. The molecule has 6 heteroatoms. The van der Waals surface area contributed by atoms with Crippen molar-refractivity contribution in [2.45, 2.75) is 25.1 Å². The summed E-state index contributed by atoms with van der Waals surface area (Å²) in [6, 6.07) is 2.46. The van der Waals surface area contributed by atoms with E-state index in [0.29, 0.717) is 5.56 Å². The van der Waals surface area contributed by atoms with Crippen LogP contribution in [0.1, 0.15) is 24.4 Å². The van der Waals surface area contributed by atoms with E-state index in [1.54, 1.807) is 12.1 Å². The van der Waals surface area contributed by atoms with Crippen LogP contribution in [0, 0.1) is 0 Å². The molecule has 0 spiro atoms. The molecule has 1 rings (SSSR count). The first kappa shape index (κ1) is 11.8. The zero-order valence-corrected chi connectivity index (χ0v) is 7.96. The van der Waals surface area contributed by atoms with Crippen LogP contribution < -0.4 is 11.5 Å². The number of pyridine rings is 1. The lowest BCUT2D eigenvalue weighted by Gasteiger charge is -2.14. The minimum absolute atomic E-state index is 0.181. The lowest BCUT2D eigenvalue weighted by Crippen LogP contribution is -2.17. The second-order valence-corrected chi connectivity index (χ2v) is 3.24. The molecule has 15 heavy (non-hydrogen) atoms. The van der Waals surface area contributed by atoms with Crippen molar-refractivity contribution >= 4 is 5.82 Å². The Balaban J connectivity index is 2.62. The Kier molecular flexibility index (Phi) is 3.52. The number of anilines is 1. The number of alkyl halides is 3. The van der Waals surface area contributed by atoms with Crippen LogP contribution in [0.3, 0.4) is 0 Å². The highest BCUT2D eigenvalue weighted by atomic mass is 19.4. The molecule has 0 saturated heterocycles. The molecule has 1 heterocycles. The maximum Gasteiger partial charge on any atom is 0.389 e. The summed E-state index contributed by atoms with van der Waals surface area (Å²) in [6.07, 6.45) is -3.81. The normalized spacial score (nSPS) is 13.9. The zero-order chi connectivity index (χ0) is 11.5. The Labute approximate surface area is 85.3 Å². The van der Waals surface area contributed by atoms with Gasteiger partial charge in [-0.1, -0.05) is 6.07 Å². The van der Waals surface area contributed by atoms with Crippen LogP contribution in [-0.2, 0) is 0 Å². The molecule has 0 aromatic carbocycles. The van der Waals surface area contributed by atoms with Gasteiger partial charge in [-0.25, -0.2) is 4.98 Å². The number of nitrogens with two attached hydrogens (primary N) is 2. The molecule has 0 aliphatic carbocycles. The Morgan fingerprint density at radius 1 is 1.40 bits per heavy atom. The van der Waals surface area contributed by atoms with Crippen LogP contribution in [0.15, 0.2) is 18.3 Å². The summed E-state index contributed by atoms with van der Waals surface area (Å²) in [6.45, 7) is 0. The predicted octanol–water partition coefficient (Wildman–Crippen LogP) is 2.01. The van der Waals surface area contributed by atoms with Crippen molar-refractivity contribution in [3.05, 3.63) is 23.9 Å². The van der Waals surface area contributed by atoms with Gasteiger partial charge < -0.3 is 11.5 Å². The number of halogens is 3. The topological polar surface area (TPSA) is 64.9 Å². The first-order valence-corrected chi connectivity index (χ1v) is 4.43. The summed E-state index contributed by atoms with van der Waals surface area (Å²) in [7, 11) is 0. The van der Waals surface area contributed by atoms with Crippen molar-refractivity contribution < 1.29 is 13.2 Å². The van der Waals surface area contributed by atoms with Crippen LogP contribution >= 0.6 is 0 Å². The van der Waals surface area contributed by atoms with Gasteiger partial charge in [0.25, 0.3) is 0 Å². The Bertz CT molecular complexity index is 325. The summed E-state index contributed by atoms with van der Waals surface area (Å²) in [5.41, 5.74) is 11.5. The molecule has 0 fully saturated rings. The second kappa shape index (κ2) is 4.48. The molecule has 4 N–H and O–H groups in total. The van der Waals surface area contributed by atoms with Crippen LogP contribution in [0.4, 0.5) is 19.0 Å². The van der Waals surface area contributed by atoms with E-state index in [0.717, 1.165) is 0 Å². The fourth-order valence-electron chi connectivity index (χ4n) is 1.22. The number of nitrogen functional groups attached to an aromatic ring is 1. The van der Waals surface area contributed by atoms with Crippen molar-refractivity contribution in [3.8, 4) is 0 Å². The number of hydrogen-bond acceptors (Lipinski definition) is 3. The van der Waals surface area contributed by atoms with E-state index in [1.807, 2.05) is 0 Å². The monoisotopic (exact) mass is 219 g/mol. The first-order valence-electron chi connectivity index (χ1n) is 4.43. The summed E-state index contributed by atoms with van der Waals surface area (Å²) < 4.78 is 35.8. The molecule has 0 saturated carbocycles. The van der Waals surface area contributed by atoms with E-state index in [1.165, 1.54) is 6.20 Å². The molecule has 0 aliphatic rings. The van der Waals surface area contributed by atoms with Crippen molar-refractivity contribution in [1.29, 1.82) is 0 Å². The third-order valence-corrected chi connectivity index (χ3v) is 2.01. The lowest BCUT2D eigenvalue weighted by atomic mass is 10.0. The number of nitrogens with zero attached hydrogens (tertiary/aromatic N) is 1. The smallest absolute Gasteiger partial charge is 0.383 e. The highest BCUT2D eigenvalue weighted by Crippen LogP contribution is 2.27. The molecule has 1 aromatic rings. The molecule has 0 radical (unpaired) electrons. The lowest BCUT2D eigenvalue weighted by molar-refractivity contribution is -0.136. The van der Waals surface area contributed by atoms with Gasteiger partial charge in [0.05, 0.1) is 0 Å². The van der Waals surface area contributed by atoms with E-state index in [4.69, 9.17) is 11.5 Å². The molecule has 0 unspecified atom stereocenters. The van der Waals surface area contributed by atoms with Gasteiger partial charge in [-0.05, 0) is 12.5 Å². The van der Waals surface area contributed by atoms with Gasteiger partial charge in [-0.2, -0.15) is 13.2 Å². The van der Waals surface area contributed by atoms with E-state index in [2.05, 4.69) is 4.98 Å². The number of rotatable bonds is 3. The van der Waals surface area contributed by atoms with Gasteiger partial charge in [-0.3, -0.25) is 0 Å². The predicted molar refractivity (Wildman–Crippen MR) is 50.9 cm³/mol. The van der Waals surface area contributed by atoms with Gasteiger partial charge in [0.15, 0.2) is 0 Å². The maximum atomic E-state index is 11.9. The molecule has 0 bridgehead atoms. The minimum Gasteiger partial charge on any atom is -0.383 e. The Morgan fingerprint density at radius 3 is 2.60 bits per heavy atom. The van der Waals surface area contributed by atoms with Crippen LogP contribution in [0.25, 0.3) is 0 Å². The van der Waals surface area contributed by atoms with Gasteiger partial charge in [-0.15, -0.1) is 0 Å². The van der Waals surface area contributed by atoms with E-state index < -0.39 is 18.6 Å².